The van der Waals surface area contributed by atoms with Gasteiger partial charge in [-0.15, -0.1) is 0 Å². The molecule has 0 aromatic carbocycles. The Morgan fingerprint density at radius 1 is 0.710 bits per heavy atom. The Balaban J connectivity index is 1.78. The predicted molar refractivity (Wildman–Crippen MR) is 127 cm³/mol. The molecule has 0 aliphatic carbocycles. The molecule has 186 valence electrons. The maximum absolute atomic E-state index is 9.85. The molecule has 1 fully saturated rings. The molecule has 0 aromatic heterocycles. The van der Waals surface area contributed by atoms with E-state index >= 15 is 0 Å². The number of aliphatic hydroxyl groups is 3. The van der Waals surface area contributed by atoms with Gasteiger partial charge in [0.25, 0.3) is 0 Å². The Kier molecular flexibility index (Phi) is 19.0. The molecule has 1 rings (SSSR count). The van der Waals surface area contributed by atoms with E-state index in [1.54, 1.807) is 0 Å². The van der Waals surface area contributed by atoms with Crippen molar-refractivity contribution in [1.29, 1.82) is 0 Å². The SMILES string of the molecule is CCCCCCCCCCCCCCCCCCCCO[C@@H](CO)[C@H]1OC[C@@H](O)[C@H]1O. The minimum absolute atomic E-state index is 0.102. The molecule has 5 nitrogen and oxygen atoms in total. The van der Waals surface area contributed by atoms with Crippen molar-refractivity contribution in [2.75, 3.05) is 19.8 Å². The van der Waals surface area contributed by atoms with Crippen molar-refractivity contribution < 1.29 is 24.8 Å². The summed E-state index contributed by atoms with van der Waals surface area (Å²) in [7, 11) is 0. The van der Waals surface area contributed by atoms with Crippen LogP contribution in [0.25, 0.3) is 0 Å². The summed E-state index contributed by atoms with van der Waals surface area (Å²) in [6, 6.07) is 0. The highest BCUT2D eigenvalue weighted by atomic mass is 16.6. The van der Waals surface area contributed by atoms with Gasteiger partial charge in [0.1, 0.15) is 24.4 Å². The second-order valence-electron chi connectivity index (χ2n) is 9.46. The van der Waals surface area contributed by atoms with Crippen molar-refractivity contribution in [2.45, 2.75) is 147 Å². The van der Waals surface area contributed by atoms with E-state index < -0.39 is 24.4 Å². The summed E-state index contributed by atoms with van der Waals surface area (Å²) in [5.74, 6) is 0. The van der Waals surface area contributed by atoms with E-state index in [9.17, 15) is 15.3 Å². The Morgan fingerprint density at radius 2 is 1.13 bits per heavy atom. The van der Waals surface area contributed by atoms with Crippen LogP contribution >= 0.6 is 0 Å². The van der Waals surface area contributed by atoms with Crippen LogP contribution in [-0.2, 0) is 9.47 Å². The van der Waals surface area contributed by atoms with Crippen molar-refractivity contribution >= 4 is 0 Å². The van der Waals surface area contributed by atoms with Crippen molar-refractivity contribution in [2.24, 2.45) is 0 Å². The van der Waals surface area contributed by atoms with Crippen LogP contribution < -0.4 is 0 Å². The number of ether oxygens (including phenoxy) is 2. The van der Waals surface area contributed by atoms with E-state index in [-0.39, 0.29) is 13.2 Å². The molecular formula is C26H52O5. The third kappa shape index (κ3) is 14.5. The van der Waals surface area contributed by atoms with Gasteiger partial charge in [-0.05, 0) is 6.42 Å². The van der Waals surface area contributed by atoms with Crippen LogP contribution in [0.5, 0.6) is 0 Å². The molecule has 1 aliphatic heterocycles. The topological polar surface area (TPSA) is 79.2 Å². The third-order valence-electron chi connectivity index (χ3n) is 6.57. The molecule has 3 N–H and O–H groups in total. The maximum Gasteiger partial charge on any atom is 0.114 e. The zero-order valence-electron chi connectivity index (χ0n) is 20.3. The molecule has 5 heteroatoms. The van der Waals surface area contributed by atoms with Gasteiger partial charge in [0, 0.05) is 6.61 Å². The molecule has 1 saturated heterocycles. The molecule has 0 aromatic rings. The van der Waals surface area contributed by atoms with Crippen LogP contribution in [0.2, 0.25) is 0 Å². The maximum atomic E-state index is 9.85. The van der Waals surface area contributed by atoms with E-state index in [1.165, 1.54) is 103 Å². The van der Waals surface area contributed by atoms with Crippen LogP contribution in [-0.4, -0.2) is 59.6 Å². The highest BCUT2D eigenvalue weighted by Gasteiger charge is 2.40. The van der Waals surface area contributed by atoms with Gasteiger partial charge in [0.05, 0.1) is 13.2 Å². The van der Waals surface area contributed by atoms with Crippen LogP contribution in [0.4, 0.5) is 0 Å². The zero-order valence-corrected chi connectivity index (χ0v) is 20.3. The molecule has 4 atom stereocenters. The summed E-state index contributed by atoms with van der Waals surface area (Å²) in [5, 5.41) is 28.8. The summed E-state index contributed by atoms with van der Waals surface area (Å²) in [5.41, 5.74) is 0. The summed E-state index contributed by atoms with van der Waals surface area (Å²) in [6.45, 7) is 2.74. The predicted octanol–water partition coefficient (Wildman–Crippen LogP) is 5.53. The lowest BCUT2D eigenvalue weighted by molar-refractivity contribution is -0.101. The summed E-state index contributed by atoms with van der Waals surface area (Å²) in [4.78, 5) is 0. The van der Waals surface area contributed by atoms with E-state index in [2.05, 4.69) is 6.92 Å². The lowest BCUT2D eigenvalue weighted by Crippen LogP contribution is -2.42. The lowest BCUT2D eigenvalue weighted by atomic mass is 10.0. The summed E-state index contributed by atoms with van der Waals surface area (Å²) in [6.07, 6.45) is 21.2. The van der Waals surface area contributed by atoms with E-state index in [0.717, 1.165) is 12.8 Å². The average molecular weight is 445 g/mol. The Bertz CT molecular complexity index is 379. The fourth-order valence-electron chi connectivity index (χ4n) is 4.44. The Morgan fingerprint density at radius 3 is 1.48 bits per heavy atom. The monoisotopic (exact) mass is 444 g/mol. The van der Waals surface area contributed by atoms with Gasteiger partial charge >= 0.3 is 0 Å². The average Bonchev–Trinajstić information content (AvgIpc) is 3.11. The van der Waals surface area contributed by atoms with Gasteiger partial charge in [-0.25, -0.2) is 0 Å². The Hall–Kier alpha value is -0.200. The number of hydrogen-bond donors (Lipinski definition) is 3. The molecule has 0 unspecified atom stereocenters. The highest BCUT2D eigenvalue weighted by molar-refractivity contribution is 4.88. The second kappa shape index (κ2) is 20.4. The van der Waals surface area contributed by atoms with Gasteiger partial charge in [0.2, 0.25) is 0 Å². The standard InChI is InChI=1S/C26H52O5/c1-2-3-4-5-6-7-8-9-10-11-12-13-14-15-16-17-18-19-20-30-24(21-27)26-25(29)23(28)22-31-26/h23-29H,2-22H2,1H3/t23-,24+,25-,26-/m1/s1. The van der Waals surface area contributed by atoms with Gasteiger partial charge in [-0.2, -0.15) is 0 Å². The normalized spacial score (nSPS) is 22.3. The first-order valence-electron chi connectivity index (χ1n) is 13.4. The smallest absolute Gasteiger partial charge is 0.114 e. The highest BCUT2D eigenvalue weighted by Crippen LogP contribution is 2.20. The number of unbranched alkanes of at least 4 members (excludes halogenated alkanes) is 17. The van der Waals surface area contributed by atoms with E-state index in [1.807, 2.05) is 0 Å². The minimum atomic E-state index is -0.975. The first-order chi connectivity index (χ1) is 15.2. The first kappa shape index (κ1) is 28.8. The van der Waals surface area contributed by atoms with Gasteiger partial charge < -0.3 is 24.8 Å². The molecule has 0 amide bonds. The van der Waals surface area contributed by atoms with Gasteiger partial charge in [0.15, 0.2) is 0 Å². The van der Waals surface area contributed by atoms with Crippen molar-refractivity contribution in [3.63, 3.8) is 0 Å². The fourth-order valence-corrected chi connectivity index (χ4v) is 4.44. The van der Waals surface area contributed by atoms with Crippen molar-refractivity contribution in [1.82, 2.24) is 0 Å². The van der Waals surface area contributed by atoms with E-state index in [0.29, 0.717) is 6.61 Å². The molecule has 0 radical (unpaired) electrons. The third-order valence-corrected chi connectivity index (χ3v) is 6.57. The molecule has 31 heavy (non-hydrogen) atoms. The van der Waals surface area contributed by atoms with Crippen LogP contribution in [0.15, 0.2) is 0 Å². The molecule has 1 heterocycles. The molecule has 0 spiro atoms. The van der Waals surface area contributed by atoms with E-state index in [4.69, 9.17) is 9.47 Å². The summed E-state index contributed by atoms with van der Waals surface area (Å²) < 4.78 is 11.0. The fraction of sp³-hybridized carbons (Fsp3) is 1.00. The van der Waals surface area contributed by atoms with Crippen LogP contribution in [0, 0.1) is 0 Å². The molecule has 0 bridgehead atoms. The largest absolute Gasteiger partial charge is 0.394 e. The second-order valence-corrected chi connectivity index (χ2v) is 9.46. The molecule has 1 aliphatic rings. The van der Waals surface area contributed by atoms with Gasteiger partial charge in [-0.3, -0.25) is 0 Å². The Labute approximate surface area is 191 Å². The number of hydrogen-bond acceptors (Lipinski definition) is 5. The first-order valence-corrected chi connectivity index (χ1v) is 13.4. The molecule has 0 saturated carbocycles. The summed E-state index contributed by atoms with van der Waals surface area (Å²) >= 11 is 0. The minimum Gasteiger partial charge on any atom is -0.394 e. The van der Waals surface area contributed by atoms with Gasteiger partial charge in [-0.1, -0.05) is 116 Å². The van der Waals surface area contributed by atoms with Crippen molar-refractivity contribution in [3.8, 4) is 0 Å². The quantitative estimate of drug-likeness (QED) is 0.191. The van der Waals surface area contributed by atoms with Crippen LogP contribution in [0.3, 0.4) is 0 Å². The van der Waals surface area contributed by atoms with Crippen LogP contribution in [0.1, 0.15) is 122 Å². The zero-order chi connectivity index (χ0) is 22.6. The van der Waals surface area contributed by atoms with Crippen molar-refractivity contribution in [3.05, 3.63) is 0 Å². The number of aliphatic hydroxyl groups excluding tert-OH is 3. The number of rotatable bonds is 22. The lowest BCUT2D eigenvalue weighted by Gasteiger charge is -2.24. The molecular weight excluding hydrogens is 392 g/mol.